The molecule has 4 heterocycles. The highest BCUT2D eigenvalue weighted by Crippen LogP contribution is 2.43. The maximum atomic E-state index is 12.5. The molecule has 0 atom stereocenters. The molecule has 2 fully saturated rings. The third kappa shape index (κ3) is 2.18. The summed E-state index contributed by atoms with van der Waals surface area (Å²) in [4.78, 5) is 25.3. The fourth-order valence-electron chi connectivity index (χ4n) is 3.51. The van der Waals surface area contributed by atoms with Gasteiger partial charge in [-0.05, 0) is 31.4 Å². The molecule has 0 N–H and O–H groups in total. The van der Waals surface area contributed by atoms with Gasteiger partial charge in [-0.1, -0.05) is 0 Å². The topological polar surface area (TPSA) is 49.3 Å². The quantitative estimate of drug-likeness (QED) is 0.854. The summed E-state index contributed by atoms with van der Waals surface area (Å²) in [5.74, 6) is 0.123. The standard InChI is InChI=1S/C16H18N4OS/c21-14(13-1-6-17-7-2-13)19-9-3-16(4-10-19)5-11-20(16)15-18-8-12-22-15/h1-2,6-8,12H,3-5,9-11H2. The van der Waals surface area contributed by atoms with Crippen molar-refractivity contribution >= 4 is 22.4 Å². The average molecular weight is 314 g/mol. The summed E-state index contributed by atoms with van der Waals surface area (Å²) in [6, 6.07) is 3.58. The number of amides is 1. The van der Waals surface area contributed by atoms with Crippen LogP contribution in [0, 0.1) is 0 Å². The number of thiazole rings is 1. The molecule has 4 rings (SSSR count). The van der Waals surface area contributed by atoms with Crippen molar-refractivity contribution in [1.29, 1.82) is 0 Å². The van der Waals surface area contributed by atoms with Crippen LogP contribution in [0.3, 0.4) is 0 Å². The van der Waals surface area contributed by atoms with Crippen LogP contribution in [0.5, 0.6) is 0 Å². The zero-order chi connectivity index (χ0) is 15.0. The van der Waals surface area contributed by atoms with Gasteiger partial charge in [0.15, 0.2) is 5.13 Å². The largest absolute Gasteiger partial charge is 0.342 e. The molecular formula is C16H18N4OS. The van der Waals surface area contributed by atoms with E-state index in [0.717, 1.165) is 43.2 Å². The maximum Gasteiger partial charge on any atom is 0.253 e. The minimum atomic E-state index is 0.123. The Balaban J connectivity index is 1.44. The molecule has 0 bridgehead atoms. The van der Waals surface area contributed by atoms with Crippen molar-refractivity contribution in [3.63, 3.8) is 0 Å². The monoisotopic (exact) mass is 314 g/mol. The Bertz CT molecular complexity index is 650. The molecule has 2 aromatic rings. The van der Waals surface area contributed by atoms with Crippen molar-refractivity contribution < 1.29 is 4.79 Å². The molecule has 114 valence electrons. The number of carbonyl (C=O) groups is 1. The van der Waals surface area contributed by atoms with Crippen molar-refractivity contribution in [3.05, 3.63) is 41.7 Å². The highest BCUT2D eigenvalue weighted by molar-refractivity contribution is 7.13. The molecule has 0 unspecified atom stereocenters. The molecule has 5 nitrogen and oxygen atoms in total. The van der Waals surface area contributed by atoms with Crippen LogP contribution in [0.4, 0.5) is 5.13 Å². The third-order valence-corrected chi connectivity index (χ3v) is 5.73. The Morgan fingerprint density at radius 2 is 1.82 bits per heavy atom. The molecule has 0 radical (unpaired) electrons. The molecule has 0 aliphatic carbocycles. The van der Waals surface area contributed by atoms with Gasteiger partial charge in [0, 0.05) is 54.7 Å². The van der Waals surface area contributed by atoms with Crippen LogP contribution in [0.25, 0.3) is 0 Å². The van der Waals surface area contributed by atoms with Gasteiger partial charge in [-0.3, -0.25) is 9.78 Å². The molecule has 0 aromatic carbocycles. The average Bonchev–Trinajstić information content (AvgIpc) is 3.08. The number of likely N-dealkylation sites (tertiary alicyclic amines) is 1. The summed E-state index contributed by atoms with van der Waals surface area (Å²) in [5, 5.41) is 3.16. The number of carbonyl (C=O) groups excluding carboxylic acids is 1. The zero-order valence-electron chi connectivity index (χ0n) is 12.3. The Morgan fingerprint density at radius 3 is 2.41 bits per heavy atom. The van der Waals surface area contributed by atoms with E-state index in [2.05, 4.69) is 14.9 Å². The molecular weight excluding hydrogens is 296 g/mol. The van der Waals surface area contributed by atoms with E-state index in [1.165, 1.54) is 6.42 Å². The number of aromatic nitrogens is 2. The molecule has 1 amide bonds. The van der Waals surface area contributed by atoms with Gasteiger partial charge in [0.25, 0.3) is 5.91 Å². The highest BCUT2D eigenvalue weighted by Gasteiger charge is 2.48. The molecule has 2 saturated heterocycles. The molecule has 2 aromatic heterocycles. The fourth-order valence-corrected chi connectivity index (χ4v) is 4.29. The van der Waals surface area contributed by atoms with E-state index in [1.807, 2.05) is 16.5 Å². The number of piperidine rings is 1. The van der Waals surface area contributed by atoms with Gasteiger partial charge in [0.05, 0.1) is 0 Å². The molecule has 1 spiro atoms. The highest BCUT2D eigenvalue weighted by atomic mass is 32.1. The Labute approximate surface area is 133 Å². The first kappa shape index (κ1) is 13.7. The van der Waals surface area contributed by atoms with Gasteiger partial charge in [-0.2, -0.15) is 0 Å². The van der Waals surface area contributed by atoms with Gasteiger partial charge >= 0.3 is 0 Å². The lowest BCUT2D eigenvalue weighted by atomic mass is 9.76. The van der Waals surface area contributed by atoms with Crippen LogP contribution in [0.2, 0.25) is 0 Å². The lowest BCUT2D eigenvalue weighted by Crippen LogP contribution is -2.64. The number of hydrogen-bond donors (Lipinski definition) is 0. The van der Waals surface area contributed by atoms with E-state index in [4.69, 9.17) is 0 Å². The first-order valence-corrected chi connectivity index (χ1v) is 8.53. The van der Waals surface area contributed by atoms with E-state index in [9.17, 15) is 4.79 Å². The number of pyridine rings is 1. The molecule has 22 heavy (non-hydrogen) atoms. The van der Waals surface area contributed by atoms with Crippen molar-refractivity contribution in [1.82, 2.24) is 14.9 Å². The number of nitrogens with zero attached hydrogens (tertiary/aromatic N) is 4. The van der Waals surface area contributed by atoms with E-state index in [1.54, 1.807) is 35.9 Å². The second-order valence-corrected chi connectivity index (χ2v) is 6.84. The first-order chi connectivity index (χ1) is 10.8. The maximum absolute atomic E-state index is 12.5. The first-order valence-electron chi connectivity index (χ1n) is 7.65. The van der Waals surface area contributed by atoms with Gasteiger partial charge in [-0.25, -0.2) is 4.98 Å². The number of rotatable bonds is 2. The lowest BCUT2D eigenvalue weighted by Gasteiger charge is -2.56. The van der Waals surface area contributed by atoms with E-state index < -0.39 is 0 Å². The Hall–Kier alpha value is -1.95. The SMILES string of the molecule is O=C(c1ccncc1)N1CCC2(CC1)CCN2c1nccs1. The van der Waals surface area contributed by atoms with Crippen molar-refractivity contribution in [2.24, 2.45) is 0 Å². The predicted octanol–water partition coefficient (Wildman–Crippen LogP) is 2.42. The Kier molecular flexibility index (Phi) is 3.33. The van der Waals surface area contributed by atoms with Crippen LogP contribution in [0.1, 0.15) is 29.6 Å². The van der Waals surface area contributed by atoms with Crippen LogP contribution in [-0.2, 0) is 0 Å². The summed E-state index contributed by atoms with van der Waals surface area (Å²) in [5.41, 5.74) is 0.962. The lowest BCUT2D eigenvalue weighted by molar-refractivity contribution is 0.0614. The number of anilines is 1. The van der Waals surface area contributed by atoms with Crippen molar-refractivity contribution in [2.75, 3.05) is 24.5 Å². The summed E-state index contributed by atoms with van der Waals surface area (Å²) in [7, 11) is 0. The van der Waals surface area contributed by atoms with Crippen molar-refractivity contribution in [2.45, 2.75) is 24.8 Å². The van der Waals surface area contributed by atoms with Crippen LogP contribution in [0.15, 0.2) is 36.1 Å². The number of hydrogen-bond acceptors (Lipinski definition) is 5. The molecule has 6 heteroatoms. The smallest absolute Gasteiger partial charge is 0.253 e. The van der Waals surface area contributed by atoms with E-state index >= 15 is 0 Å². The summed E-state index contributed by atoms with van der Waals surface area (Å²) < 4.78 is 0. The van der Waals surface area contributed by atoms with Gasteiger partial charge in [0.1, 0.15) is 0 Å². The van der Waals surface area contributed by atoms with E-state index in [0.29, 0.717) is 0 Å². The second kappa shape index (κ2) is 5.35. The van der Waals surface area contributed by atoms with Crippen molar-refractivity contribution in [3.8, 4) is 0 Å². The summed E-state index contributed by atoms with van der Waals surface area (Å²) in [6.45, 7) is 2.73. The minimum absolute atomic E-state index is 0.123. The third-order valence-electron chi connectivity index (χ3n) is 4.93. The molecule has 0 saturated carbocycles. The predicted molar refractivity (Wildman–Crippen MR) is 86.2 cm³/mol. The summed E-state index contributed by atoms with van der Waals surface area (Å²) >= 11 is 1.71. The van der Waals surface area contributed by atoms with Gasteiger partial charge < -0.3 is 9.80 Å². The van der Waals surface area contributed by atoms with E-state index in [-0.39, 0.29) is 11.4 Å². The van der Waals surface area contributed by atoms with Gasteiger partial charge in [-0.15, -0.1) is 11.3 Å². The minimum Gasteiger partial charge on any atom is -0.342 e. The van der Waals surface area contributed by atoms with Crippen LogP contribution >= 0.6 is 11.3 Å². The zero-order valence-corrected chi connectivity index (χ0v) is 13.1. The van der Waals surface area contributed by atoms with Gasteiger partial charge in [0.2, 0.25) is 0 Å². The molecule has 2 aliphatic rings. The van der Waals surface area contributed by atoms with Crippen LogP contribution in [-0.4, -0.2) is 45.9 Å². The van der Waals surface area contributed by atoms with Crippen LogP contribution < -0.4 is 4.90 Å². The second-order valence-electron chi connectivity index (χ2n) is 5.97. The normalized spacial score (nSPS) is 20.0. The summed E-state index contributed by atoms with van der Waals surface area (Å²) in [6.07, 6.45) is 8.49. The fraction of sp³-hybridized carbons (Fsp3) is 0.438. The Morgan fingerprint density at radius 1 is 1.09 bits per heavy atom. The molecule has 2 aliphatic heterocycles.